The summed E-state index contributed by atoms with van der Waals surface area (Å²) in [7, 11) is 0. The minimum atomic E-state index is -1.21. The van der Waals surface area contributed by atoms with Crippen molar-refractivity contribution in [1.82, 2.24) is 9.47 Å². The van der Waals surface area contributed by atoms with E-state index in [0.29, 0.717) is 6.54 Å². The molecule has 0 radical (unpaired) electrons. The number of rotatable bonds is 3. The number of likely N-dealkylation sites (tertiary alicyclic amines) is 1. The monoisotopic (exact) mass is 346 g/mol. The molecule has 1 aliphatic rings. The first-order valence-corrected chi connectivity index (χ1v) is 8.15. The maximum absolute atomic E-state index is 14.2. The summed E-state index contributed by atoms with van der Waals surface area (Å²) in [5.74, 6) is -2.04. The fourth-order valence-electron chi connectivity index (χ4n) is 3.71. The van der Waals surface area contributed by atoms with Gasteiger partial charge in [0.2, 0.25) is 5.91 Å². The second-order valence-electron chi connectivity index (χ2n) is 6.35. The average molecular weight is 346 g/mol. The lowest BCUT2D eigenvalue weighted by Gasteiger charge is -2.25. The zero-order valence-corrected chi connectivity index (χ0v) is 14.1. The Labute approximate surface area is 143 Å². The van der Waals surface area contributed by atoms with Crippen molar-refractivity contribution in [2.75, 3.05) is 6.54 Å². The summed E-state index contributed by atoms with van der Waals surface area (Å²) in [5, 5.41) is 9.44. The molecule has 1 fully saturated rings. The number of hydrogen-bond donors (Lipinski definition) is 1. The van der Waals surface area contributed by atoms with Crippen LogP contribution in [0.2, 0.25) is 0 Å². The number of benzene rings is 1. The van der Waals surface area contributed by atoms with Gasteiger partial charge in [-0.05, 0) is 25.8 Å². The molecule has 0 aliphatic carbocycles. The topological polar surface area (TPSA) is 79.6 Å². The maximum Gasteiger partial charge on any atom is 0.338 e. The predicted molar refractivity (Wildman–Crippen MR) is 90.3 cm³/mol. The van der Waals surface area contributed by atoms with Crippen LogP contribution in [0.4, 0.5) is 4.39 Å². The summed E-state index contributed by atoms with van der Waals surface area (Å²) >= 11 is 0. The second-order valence-corrected chi connectivity index (χ2v) is 6.35. The van der Waals surface area contributed by atoms with E-state index in [4.69, 9.17) is 0 Å². The summed E-state index contributed by atoms with van der Waals surface area (Å²) in [6.45, 7) is 3.79. The molecule has 132 valence electrons. The summed E-state index contributed by atoms with van der Waals surface area (Å²) in [5.41, 5.74) is -0.376. The molecule has 1 amide bonds. The Bertz CT molecular complexity index is 935. The number of carboxylic acid groups (broad SMARTS) is 1. The highest BCUT2D eigenvalue weighted by Gasteiger charge is 2.29. The van der Waals surface area contributed by atoms with Crippen molar-refractivity contribution in [2.24, 2.45) is 0 Å². The van der Waals surface area contributed by atoms with Crippen LogP contribution in [-0.2, 0) is 11.3 Å². The zero-order chi connectivity index (χ0) is 18.3. The summed E-state index contributed by atoms with van der Waals surface area (Å²) in [4.78, 5) is 38.0. The SMILES string of the molecule is CC(=O)N1CCC[C@H]1Cn1c(C)c(C(=O)O)c2cccc(F)c2c1=O. The second kappa shape index (κ2) is 6.31. The minimum absolute atomic E-state index is 0.0820. The van der Waals surface area contributed by atoms with Crippen LogP contribution in [-0.4, -0.2) is 39.0 Å². The zero-order valence-electron chi connectivity index (χ0n) is 14.1. The first-order chi connectivity index (χ1) is 11.8. The van der Waals surface area contributed by atoms with Gasteiger partial charge < -0.3 is 14.6 Å². The predicted octanol–water partition coefficient (Wildman–Crippen LogP) is 2.16. The van der Waals surface area contributed by atoms with Crippen LogP contribution in [0.3, 0.4) is 0 Å². The van der Waals surface area contributed by atoms with Crippen molar-refractivity contribution in [3.8, 4) is 0 Å². The third kappa shape index (κ3) is 2.79. The quantitative estimate of drug-likeness (QED) is 0.924. The molecular weight excluding hydrogens is 327 g/mol. The van der Waals surface area contributed by atoms with Crippen LogP contribution in [0.1, 0.15) is 35.8 Å². The number of halogens is 1. The van der Waals surface area contributed by atoms with Crippen molar-refractivity contribution >= 4 is 22.6 Å². The molecule has 25 heavy (non-hydrogen) atoms. The number of pyridine rings is 1. The lowest BCUT2D eigenvalue weighted by atomic mass is 10.0. The van der Waals surface area contributed by atoms with Crippen LogP contribution in [0.5, 0.6) is 0 Å². The van der Waals surface area contributed by atoms with Crippen LogP contribution >= 0.6 is 0 Å². The third-order valence-corrected chi connectivity index (χ3v) is 4.90. The molecule has 1 aromatic heterocycles. The summed E-state index contributed by atoms with van der Waals surface area (Å²) in [6.07, 6.45) is 1.55. The van der Waals surface area contributed by atoms with Crippen molar-refractivity contribution in [1.29, 1.82) is 0 Å². The highest BCUT2D eigenvalue weighted by atomic mass is 19.1. The molecule has 0 unspecified atom stereocenters. The molecule has 1 aliphatic heterocycles. The number of aromatic nitrogens is 1. The normalized spacial score (nSPS) is 17.2. The van der Waals surface area contributed by atoms with E-state index in [0.717, 1.165) is 18.9 Å². The number of hydrogen-bond acceptors (Lipinski definition) is 3. The Morgan fingerprint density at radius 2 is 2.08 bits per heavy atom. The molecule has 1 saturated heterocycles. The largest absolute Gasteiger partial charge is 0.478 e. The lowest BCUT2D eigenvalue weighted by Crippen LogP contribution is -2.40. The summed E-state index contributed by atoms with van der Waals surface area (Å²) in [6, 6.07) is 3.78. The lowest BCUT2D eigenvalue weighted by molar-refractivity contribution is -0.129. The molecule has 0 bridgehead atoms. The molecular formula is C18H19FN2O4. The van der Waals surface area contributed by atoms with Crippen LogP contribution in [0, 0.1) is 12.7 Å². The molecule has 3 rings (SSSR count). The van der Waals surface area contributed by atoms with Gasteiger partial charge in [-0.25, -0.2) is 9.18 Å². The number of carbonyl (C=O) groups is 2. The van der Waals surface area contributed by atoms with E-state index in [2.05, 4.69) is 0 Å². The smallest absolute Gasteiger partial charge is 0.338 e. The van der Waals surface area contributed by atoms with E-state index < -0.39 is 17.3 Å². The minimum Gasteiger partial charge on any atom is -0.478 e. The number of aromatic carboxylic acids is 1. The molecule has 1 atom stereocenters. The molecule has 2 heterocycles. The Morgan fingerprint density at radius 1 is 1.36 bits per heavy atom. The van der Waals surface area contributed by atoms with E-state index in [9.17, 15) is 23.9 Å². The van der Waals surface area contributed by atoms with Gasteiger partial charge >= 0.3 is 5.97 Å². The van der Waals surface area contributed by atoms with Crippen LogP contribution < -0.4 is 5.56 Å². The molecule has 1 N–H and O–H groups in total. The standard InChI is InChI=1S/C18H19FN2O4/c1-10-15(18(24)25)13-6-3-7-14(19)16(13)17(23)21(10)9-12-5-4-8-20(12)11(2)22/h3,6-7,12H,4-5,8-9H2,1-2H3,(H,24,25)/t12-/m0/s1. The Hall–Kier alpha value is -2.70. The van der Waals surface area contributed by atoms with Crippen molar-refractivity contribution in [3.05, 3.63) is 45.6 Å². The van der Waals surface area contributed by atoms with Gasteiger partial charge in [-0.15, -0.1) is 0 Å². The average Bonchev–Trinajstić information content (AvgIpc) is 2.99. The Kier molecular flexibility index (Phi) is 4.32. The molecule has 2 aromatic rings. The van der Waals surface area contributed by atoms with E-state index in [-0.39, 0.29) is 40.5 Å². The van der Waals surface area contributed by atoms with Gasteiger partial charge in [-0.1, -0.05) is 12.1 Å². The van der Waals surface area contributed by atoms with Gasteiger partial charge in [0.1, 0.15) is 5.82 Å². The fraction of sp³-hybridized carbons (Fsp3) is 0.389. The number of amides is 1. The first-order valence-electron chi connectivity index (χ1n) is 8.15. The number of carbonyl (C=O) groups excluding carboxylic acids is 1. The number of fused-ring (bicyclic) bond motifs is 1. The maximum atomic E-state index is 14.2. The van der Waals surface area contributed by atoms with E-state index in [1.54, 1.807) is 11.8 Å². The fourth-order valence-corrected chi connectivity index (χ4v) is 3.71. The van der Waals surface area contributed by atoms with Crippen molar-refractivity contribution in [3.63, 3.8) is 0 Å². The van der Waals surface area contributed by atoms with Gasteiger partial charge in [0.25, 0.3) is 5.56 Å². The van der Waals surface area contributed by atoms with Gasteiger partial charge in [0.15, 0.2) is 0 Å². The van der Waals surface area contributed by atoms with E-state index >= 15 is 0 Å². The van der Waals surface area contributed by atoms with Crippen molar-refractivity contribution in [2.45, 2.75) is 39.3 Å². The number of nitrogens with zero attached hydrogens (tertiary/aromatic N) is 2. The Balaban J connectivity index is 2.22. The Morgan fingerprint density at radius 3 is 2.72 bits per heavy atom. The van der Waals surface area contributed by atoms with Crippen LogP contribution in [0.25, 0.3) is 10.8 Å². The van der Waals surface area contributed by atoms with Gasteiger partial charge in [0.05, 0.1) is 10.9 Å². The van der Waals surface area contributed by atoms with Crippen molar-refractivity contribution < 1.29 is 19.1 Å². The highest BCUT2D eigenvalue weighted by molar-refractivity contribution is 6.04. The van der Waals surface area contributed by atoms with Gasteiger partial charge in [-0.2, -0.15) is 0 Å². The molecule has 6 nitrogen and oxygen atoms in total. The van der Waals surface area contributed by atoms with E-state index in [1.807, 2.05) is 0 Å². The first kappa shape index (κ1) is 17.1. The van der Waals surface area contributed by atoms with Gasteiger partial charge in [0, 0.05) is 37.1 Å². The molecule has 0 spiro atoms. The molecule has 1 aromatic carbocycles. The van der Waals surface area contributed by atoms with Gasteiger partial charge in [-0.3, -0.25) is 9.59 Å². The molecule has 0 saturated carbocycles. The highest BCUT2D eigenvalue weighted by Crippen LogP contribution is 2.24. The third-order valence-electron chi connectivity index (χ3n) is 4.90. The summed E-state index contributed by atoms with van der Waals surface area (Å²) < 4.78 is 15.5. The molecule has 7 heteroatoms. The van der Waals surface area contributed by atoms with Crippen LogP contribution in [0.15, 0.2) is 23.0 Å². The number of carboxylic acids is 1. The van der Waals surface area contributed by atoms with E-state index in [1.165, 1.54) is 23.6 Å².